The van der Waals surface area contributed by atoms with Crippen molar-refractivity contribution in [2.24, 2.45) is 0 Å². The van der Waals surface area contributed by atoms with Crippen LogP contribution in [0.5, 0.6) is 0 Å². The monoisotopic (exact) mass is 416 g/mol. The van der Waals surface area contributed by atoms with Gasteiger partial charge in [0, 0.05) is 0 Å². The Morgan fingerprint density at radius 3 is 1.65 bits per heavy atom. The molecule has 0 fully saturated rings. The van der Waals surface area contributed by atoms with E-state index in [1.54, 1.807) is 0 Å². The molecule has 0 aliphatic rings. The van der Waals surface area contributed by atoms with Crippen molar-refractivity contribution in [1.29, 1.82) is 0 Å². The molecule has 6 heteroatoms. The fourth-order valence-electron chi connectivity index (χ4n) is 2.47. The maximum atomic E-state index is 10.3. The van der Waals surface area contributed by atoms with Crippen LogP contribution in [0.4, 0.5) is 0 Å². The molecular formula is C17H36O4SSe. The van der Waals surface area contributed by atoms with E-state index in [1.807, 2.05) is 0 Å². The van der Waals surface area contributed by atoms with Gasteiger partial charge in [0.2, 0.25) is 0 Å². The fraction of sp³-hybridized carbons (Fsp3) is 1.00. The summed E-state index contributed by atoms with van der Waals surface area (Å²) in [6.45, 7) is 2.37. The first-order valence-corrected chi connectivity index (χ1v) is 13.0. The Kier molecular flexibility index (Phi) is 17.5. The average Bonchev–Trinajstić information content (AvgIpc) is 2.49. The van der Waals surface area contributed by atoms with Gasteiger partial charge in [-0.1, -0.05) is 13.3 Å². The minimum absolute atomic E-state index is 0.110. The van der Waals surface area contributed by atoms with Gasteiger partial charge >= 0.3 is 137 Å². The van der Waals surface area contributed by atoms with Crippen LogP contribution >= 0.6 is 0 Å². The molecule has 0 amide bonds. The maximum absolute atomic E-state index is 10.3. The van der Waals surface area contributed by atoms with Crippen molar-refractivity contribution in [3.05, 3.63) is 0 Å². The molecule has 0 bridgehead atoms. The Balaban J connectivity index is 3.03. The van der Waals surface area contributed by atoms with Gasteiger partial charge in [-0.25, -0.2) is 0 Å². The number of hydrogen-bond donors (Lipinski definition) is 1. The van der Waals surface area contributed by atoms with Gasteiger partial charge in [0.25, 0.3) is 0 Å². The van der Waals surface area contributed by atoms with Crippen LogP contribution in [-0.4, -0.2) is 34.5 Å². The van der Waals surface area contributed by atoms with E-state index >= 15 is 0 Å². The van der Waals surface area contributed by atoms with Gasteiger partial charge in [0.1, 0.15) is 0 Å². The predicted octanol–water partition coefficient (Wildman–Crippen LogP) is 5.44. The first-order valence-electron chi connectivity index (χ1n) is 9.26. The SMILES string of the molecule is CCCCCCCCCCCCCC[Se]CCCOS(=O)(=O)O. The zero-order valence-corrected chi connectivity index (χ0v) is 17.3. The number of unbranched alkanes of at least 4 members (excludes halogenated alkanes) is 11. The molecule has 0 heterocycles. The van der Waals surface area contributed by atoms with Crippen LogP contribution in [0, 0.1) is 0 Å². The van der Waals surface area contributed by atoms with Gasteiger partial charge in [-0.05, 0) is 0 Å². The van der Waals surface area contributed by atoms with E-state index in [4.69, 9.17) is 4.55 Å². The minimum atomic E-state index is -4.24. The van der Waals surface area contributed by atoms with Crippen molar-refractivity contribution in [1.82, 2.24) is 0 Å². The standard InChI is InChI=1S/C17H36O4SSe/c1-2-3-4-5-6-7-8-9-10-11-12-13-16-23-17-14-15-21-22(18,19)20/h2-17H2,1H3,(H,18,19,20). The van der Waals surface area contributed by atoms with Crippen molar-refractivity contribution in [3.8, 4) is 0 Å². The molecular weight excluding hydrogens is 379 g/mol. The van der Waals surface area contributed by atoms with Crippen LogP contribution in [0.15, 0.2) is 0 Å². The molecule has 0 aliphatic carbocycles. The molecule has 140 valence electrons. The Morgan fingerprint density at radius 2 is 1.17 bits per heavy atom. The predicted molar refractivity (Wildman–Crippen MR) is 98.6 cm³/mol. The summed E-state index contributed by atoms with van der Waals surface area (Å²) in [6, 6.07) is 0. The second-order valence-electron chi connectivity index (χ2n) is 6.10. The molecule has 23 heavy (non-hydrogen) atoms. The van der Waals surface area contributed by atoms with Crippen molar-refractivity contribution >= 4 is 25.4 Å². The Hall–Kier alpha value is 0.389. The number of rotatable bonds is 18. The van der Waals surface area contributed by atoms with Gasteiger partial charge in [-0.2, -0.15) is 0 Å². The second kappa shape index (κ2) is 17.2. The van der Waals surface area contributed by atoms with Crippen molar-refractivity contribution < 1.29 is 17.2 Å². The molecule has 0 spiro atoms. The summed E-state index contributed by atoms with van der Waals surface area (Å²) in [4.78, 5) is 0. The summed E-state index contributed by atoms with van der Waals surface area (Å²) >= 11 is 0.584. The van der Waals surface area contributed by atoms with Crippen LogP contribution in [0.2, 0.25) is 10.6 Å². The molecule has 0 atom stereocenters. The van der Waals surface area contributed by atoms with E-state index in [2.05, 4.69) is 11.1 Å². The summed E-state index contributed by atoms with van der Waals surface area (Å²) in [6.07, 6.45) is 17.3. The van der Waals surface area contributed by atoms with Crippen molar-refractivity contribution in [2.75, 3.05) is 6.61 Å². The third kappa shape index (κ3) is 22.4. The molecule has 0 aromatic heterocycles. The second-order valence-corrected chi connectivity index (χ2v) is 9.77. The van der Waals surface area contributed by atoms with Crippen LogP contribution in [0.25, 0.3) is 0 Å². The van der Waals surface area contributed by atoms with E-state index in [1.165, 1.54) is 82.4 Å². The topological polar surface area (TPSA) is 63.6 Å². The van der Waals surface area contributed by atoms with E-state index in [0.717, 1.165) is 11.7 Å². The molecule has 0 aromatic carbocycles. The summed E-state index contributed by atoms with van der Waals surface area (Å²) in [5, 5.41) is 2.30. The van der Waals surface area contributed by atoms with Gasteiger partial charge in [0.15, 0.2) is 0 Å². The molecule has 0 rings (SSSR count). The Morgan fingerprint density at radius 1 is 0.739 bits per heavy atom. The molecule has 0 saturated heterocycles. The average molecular weight is 415 g/mol. The fourth-order valence-corrected chi connectivity index (χ4v) is 4.76. The van der Waals surface area contributed by atoms with Crippen LogP contribution < -0.4 is 0 Å². The molecule has 0 unspecified atom stereocenters. The normalized spacial score (nSPS) is 11.9. The third-order valence-corrected chi connectivity index (χ3v) is 6.69. The molecule has 1 N–H and O–H groups in total. The summed E-state index contributed by atoms with van der Waals surface area (Å²) in [5.74, 6) is 0. The van der Waals surface area contributed by atoms with Gasteiger partial charge in [-0.3, -0.25) is 0 Å². The zero-order chi connectivity index (χ0) is 17.2. The summed E-state index contributed by atoms with van der Waals surface area (Å²) < 4.78 is 33.3. The Bertz CT molecular complexity index is 333. The molecule has 0 aromatic rings. The third-order valence-electron chi connectivity index (χ3n) is 3.81. The van der Waals surface area contributed by atoms with E-state index in [9.17, 15) is 8.42 Å². The summed E-state index contributed by atoms with van der Waals surface area (Å²) in [7, 11) is -4.24. The molecule has 0 radical (unpaired) electrons. The molecule has 0 aliphatic heterocycles. The van der Waals surface area contributed by atoms with Gasteiger partial charge in [0.05, 0.1) is 0 Å². The van der Waals surface area contributed by atoms with E-state index < -0.39 is 10.4 Å². The first-order chi connectivity index (χ1) is 11.1. The van der Waals surface area contributed by atoms with Crippen molar-refractivity contribution in [2.45, 2.75) is 101 Å². The van der Waals surface area contributed by atoms with Crippen LogP contribution in [0.3, 0.4) is 0 Å². The van der Waals surface area contributed by atoms with Gasteiger partial charge in [-0.15, -0.1) is 0 Å². The first kappa shape index (κ1) is 23.4. The quantitative estimate of drug-likeness (QED) is 0.184. The number of hydrogen-bond acceptors (Lipinski definition) is 3. The zero-order valence-electron chi connectivity index (χ0n) is 14.8. The Labute approximate surface area is 150 Å². The van der Waals surface area contributed by atoms with Gasteiger partial charge < -0.3 is 0 Å². The van der Waals surface area contributed by atoms with Crippen molar-refractivity contribution in [3.63, 3.8) is 0 Å². The molecule has 0 saturated carbocycles. The van der Waals surface area contributed by atoms with Crippen LogP contribution in [-0.2, 0) is 14.6 Å². The van der Waals surface area contributed by atoms with Crippen LogP contribution in [0.1, 0.15) is 90.4 Å². The van der Waals surface area contributed by atoms with E-state index in [-0.39, 0.29) is 6.61 Å². The summed E-state index contributed by atoms with van der Waals surface area (Å²) in [5.41, 5.74) is 0. The van der Waals surface area contributed by atoms with E-state index in [0.29, 0.717) is 15.0 Å². The molecule has 4 nitrogen and oxygen atoms in total.